The molecule has 9 nitrogen and oxygen atoms in total. The molecule has 9 heteroatoms. The van der Waals surface area contributed by atoms with Gasteiger partial charge in [-0.2, -0.15) is 0 Å². The van der Waals surface area contributed by atoms with Gasteiger partial charge in [0.2, 0.25) is 0 Å². The number of rotatable bonds is 3. The maximum atomic E-state index is 11.5. The summed E-state index contributed by atoms with van der Waals surface area (Å²) in [5, 5.41) is 22.4. The van der Waals surface area contributed by atoms with Crippen LogP contribution >= 0.6 is 0 Å². The topological polar surface area (TPSA) is 133 Å². The molecule has 0 aromatic carbocycles. The molecule has 0 spiro atoms. The van der Waals surface area contributed by atoms with Crippen molar-refractivity contribution in [2.75, 3.05) is 6.61 Å². The number of hydrogen-bond donors (Lipinski definition) is 2. The minimum absolute atomic E-state index is 0.424. The standard InChI is InChI=1S/C9H11N5O4/c10-13-12-6-5(4-15)18-8(7(6)16)14-3-1-2-11-9(14)17/h1-3,5-8,15-16H,4H2/t5-,6-,7-,8-/m1/s1. The van der Waals surface area contributed by atoms with Gasteiger partial charge in [0.15, 0.2) is 6.23 Å². The third-order valence-corrected chi connectivity index (χ3v) is 2.71. The fourth-order valence-corrected chi connectivity index (χ4v) is 1.87. The van der Waals surface area contributed by atoms with E-state index in [-0.39, 0.29) is 0 Å². The number of nitrogens with zero attached hydrogens (tertiary/aromatic N) is 5. The molecule has 1 aliphatic rings. The molecule has 4 atom stereocenters. The van der Waals surface area contributed by atoms with Crippen molar-refractivity contribution < 1.29 is 14.9 Å². The first-order valence-electron chi connectivity index (χ1n) is 5.20. The Bertz CT molecular complexity index is 526. The Labute approximate surface area is 101 Å². The van der Waals surface area contributed by atoms with E-state index in [1.807, 2.05) is 0 Å². The van der Waals surface area contributed by atoms with Crippen LogP contribution in [-0.2, 0) is 4.74 Å². The summed E-state index contributed by atoms with van der Waals surface area (Å²) in [5.41, 5.74) is 7.80. The smallest absolute Gasteiger partial charge is 0.349 e. The Morgan fingerprint density at radius 3 is 3.06 bits per heavy atom. The van der Waals surface area contributed by atoms with Crippen LogP contribution in [0.5, 0.6) is 0 Å². The summed E-state index contributed by atoms with van der Waals surface area (Å²) >= 11 is 0. The van der Waals surface area contributed by atoms with Gasteiger partial charge in [0.05, 0.1) is 18.8 Å². The zero-order valence-corrected chi connectivity index (χ0v) is 9.20. The molecule has 0 unspecified atom stereocenters. The van der Waals surface area contributed by atoms with Crippen molar-refractivity contribution in [3.8, 4) is 0 Å². The SMILES string of the molecule is [N-]=[N+]=N[C@H]1[C@@H](O)[C@H](n2cccnc2=O)O[C@@H]1CO. The molecule has 0 saturated carbocycles. The first kappa shape index (κ1) is 12.5. The molecule has 0 amide bonds. The molecule has 2 heterocycles. The van der Waals surface area contributed by atoms with Crippen LogP contribution in [0, 0.1) is 0 Å². The van der Waals surface area contributed by atoms with E-state index in [1.165, 1.54) is 18.5 Å². The molecule has 1 saturated heterocycles. The van der Waals surface area contributed by atoms with Gasteiger partial charge in [-0.15, -0.1) is 0 Å². The van der Waals surface area contributed by atoms with Gasteiger partial charge in [-0.1, -0.05) is 5.11 Å². The molecule has 1 aliphatic heterocycles. The summed E-state index contributed by atoms with van der Waals surface area (Å²) in [6, 6.07) is 0.559. The fraction of sp³-hybridized carbons (Fsp3) is 0.556. The van der Waals surface area contributed by atoms with E-state index in [4.69, 9.17) is 15.4 Å². The van der Waals surface area contributed by atoms with Crippen LogP contribution in [0.15, 0.2) is 28.4 Å². The Morgan fingerprint density at radius 1 is 1.67 bits per heavy atom. The number of aromatic nitrogens is 2. The lowest BCUT2D eigenvalue weighted by atomic mass is 10.1. The fourth-order valence-electron chi connectivity index (χ4n) is 1.87. The van der Waals surface area contributed by atoms with Gasteiger partial charge in [0.1, 0.15) is 6.10 Å². The third kappa shape index (κ3) is 2.07. The Hall–Kier alpha value is -1.93. The first-order chi connectivity index (χ1) is 8.69. The second kappa shape index (κ2) is 5.15. The van der Waals surface area contributed by atoms with Crippen LogP contribution in [-0.4, -0.2) is 44.6 Å². The summed E-state index contributed by atoms with van der Waals surface area (Å²) < 4.78 is 6.40. The van der Waals surface area contributed by atoms with Gasteiger partial charge < -0.3 is 14.9 Å². The van der Waals surface area contributed by atoms with Crippen molar-refractivity contribution in [3.05, 3.63) is 39.4 Å². The first-order valence-corrected chi connectivity index (χ1v) is 5.20. The van der Waals surface area contributed by atoms with Crippen molar-refractivity contribution in [3.63, 3.8) is 0 Å². The van der Waals surface area contributed by atoms with E-state index in [2.05, 4.69) is 15.0 Å². The quantitative estimate of drug-likeness (QED) is 0.412. The van der Waals surface area contributed by atoms with Crippen LogP contribution < -0.4 is 5.69 Å². The summed E-state index contributed by atoms with van der Waals surface area (Å²) in [6.07, 6.45) is -0.392. The Balaban J connectivity index is 2.34. The average molecular weight is 253 g/mol. The Morgan fingerprint density at radius 2 is 2.44 bits per heavy atom. The minimum Gasteiger partial charge on any atom is -0.394 e. The molecule has 0 bridgehead atoms. The number of aliphatic hydroxyl groups is 2. The lowest BCUT2D eigenvalue weighted by molar-refractivity contribution is -0.0531. The van der Waals surface area contributed by atoms with Gasteiger partial charge >= 0.3 is 5.69 Å². The highest BCUT2D eigenvalue weighted by atomic mass is 16.5. The zero-order chi connectivity index (χ0) is 13.1. The van der Waals surface area contributed by atoms with Crippen molar-refractivity contribution in [1.29, 1.82) is 0 Å². The monoisotopic (exact) mass is 253 g/mol. The number of hydrogen-bond acceptors (Lipinski definition) is 6. The molecule has 1 aromatic heterocycles. The molecule has 0 radical (unpaired) electrons. The molecule has 2 N–H and O–H groups in total. The third-order valence-electron chi connectivity index (χ3n) is 2.71. The summed E-state index contributed by atoms with van der Waals surface area (Å²) in [4.78, 5) is 17.6. The highest BCUT2D eigenvalue weighted by Gasteiger charge is 2.44. The number of aliphatic hydroxyl groups excluding tert-OH is 2. The minimum atomic E-state index is -1.22. The lowest BCUT2D eigenvalue weighted by Crippen LogP contribution is -2.34. The van der Waals surface area contributed by atoms with Crippen LogP contribution in [0.3, 0.4) is 0 Å². The number of azide groups is 1. The van der Waals surface area contributed by atoms with Crippen molar-refractivity contribution in [2.45, 2.75) is 24.5 Å². The van der Waals surface area contributed by atoms with Gasteiger partial charge in [-0.3, -0.25) is 4.57 Å². The normalized spacial score (nSPS) is 31.0. The summed E-state index contributed by atoms with van der Waals surface area (Å²) in [6.45, 7) is -0.424. The van der Waals surface area contributed by atoms with Crippen LogP contribution in [0.25, 0.3) is 10.4 Å². The summed E-state index contributed by atoms with van der Waals surface area (Å²) in [5.74, 6) is 0. The molecule has 18 heavy (non-hydrogen) atoms. The maximum Gasteiger partial charge on any atom is 0.349 e. The molecule has 2 rings (SSSR count). The van der Waals surface area contributed by atoms with E-state index in [0.717, 1.165) is 4.57 Å². The van der Waals surface area contributed by atoms with E-state index < -0.39 is 36.8 Å². The zero-order valence-electron chi connectivity index (χ0n) is 9.20. The van der Waals surface area contributed by atoms with Gasteiger partial charge in [-0.25, -0.2) is 9.78 Å². The number of ether oxygens (including phenoxy) is 1. The second-order valence-electron chi connectivity index (χ2n) is 3.74. The van der Waals surface area contributed by atoms with Crippen molar-refractivity contribution >= 4 is 0 Å². The van der Waals surface area contributed by atoms with E-state index in [0.29, 0.717) is 0 Å². The molecular formula is C9H11N5O4. The highest BCUT2D eigenvalue weighted by molar-refractivity contribution is 4.96. The van der Waals surface area contributed by atoms with Gasteiger partial charge in [0.25, 0.3) is 0 Å². The average Bonchev–Trinajstić information content (AvgIpc) is 2.68. The van der Waals surface area contributed by atoms with Crippen LogP contribution in [0.2, 0.25) is 0 Å². The van der Waals surface area contributed by atoms with E-state index in [9.17, 15) is 9.90 Å². The molecule has 0 aliphatic carbocycles. The lowest BCUT2D eigenvalue weighted by Gasteiger charge is -2.16. The van der Waals surface area contributed by atoms with Gasteiger partial charge in [0, 0.05) is 17.3 Å². The highest BCUT2D eigenvalue weighted by Crippen LogP contribution is 2.30. The molecular weight excluding hydrogens is 242 g/mol. The molecule has 1 aromatic rings. The van der Waals surface area contributed by atoms with E-state index >= 15 is 0 Å². The Kier molecular flexibility index (Phi) is 3.58. The van der Waals surface area contributed by atoms with Crippen molar-refractivity contribution in [2.24, 2.45) is 5.11 Å². The predicted octanol–water partition coefficient (Wildman–Crippen LogP) is -0.827. The molecule has 96 valence electrons. The van der Waals surface area contributed by atoms with Gasteiger partial charge in [-0.05, 0) is 11.6 Å². The maximum absolute atomic E-state index is 11.5. The van der Waals surface area contributed by atoms with Crippen molar-refractivity contribution in [1.82, 2.24) is 9.55 Å². The molecule has 1 fully saturated rings. The summed E-state index contributed by atoms with van der Waals surface area (Å²) in [7, 11) is 0. The largest absolute Gasteiger partial charge is 0.394 e. The van der Waals surface area contributed by atoms with Crippen LogP contribution in [0.1, 0.15) is 6.23 Å². The van der Waals surface area contributed by atoms with E-state index in [1.54, 1.807) is 0 Å². The van der Waals surface area contributed by atoms with Crippen LogP contribution in [0.4, 0.5) is 0 Å². The predicted molar refractivity (Wildman–Crippen MR) is 58.4 cm³/mol. The second-order valence-corrected chi connectivity index (χ2v) is 3.74.